The van der Waals surface area contributed by atoms with Gasteiger partial charge in [-0.3, -0.25) is 4.79 Å². The van der Waals surface area contributed by atoms with Crippen LogP contribution in [0.3, 0.4) is 0 Å². The van der Waals surface area contributed by atoms with E-state index in [1.54, 1.807) is 0 Å². The molecule has 5 nitrogen and oxygen atoms in total. The van der Waals surface area contributed by atoms with Crippen LogP contribution in [0.1, 0.15) is 15.9 Å². The number of hydrogen-bond donors (Lipinski definition) is 1. The third-order valence-electron chi connectivity index (χ3n) is 2.77. The normalized spacial score (nSPS) is 9.78. The van der Waals surface area contributed by atoms with Crippen molar-refractivity contribution in [2.24, 2.45) is 0 Å². The van der Waals surface area contributed by atoms with Crippen LogP contribution in [0.5, 0.6) is 0 Å². The van der Waals surface area contributed by atoms with Crippen LogP contribution >= 0.6 is 0 Å². The maximum absolute atomic E-state index is 13.4. The number of esters is 1. The zero-order valence-electron chi connectivity index (χ0n) is 11.7. The van der Waals surface area contributed by atoms with Gasteiger partial charge >= 0.3 is 5.97 Å². The summed E-state index contributed by atoms with van der Waals surface area (Å²) in [5.41, 5.74) is 0.168. The number of hydrogen-bond acceptors (Lipinski definition) is 4. The van der Waals surface area contributed by atoms with Gasteiger partial charge in [-0.15, -0.1) is 0 Å². The Balaban J connectivity index is 1.93. The predicted molar refractivity (Wildman–Crippen MR) is 76.4 cm³/mol. The fraction of sp³-hybridized carbons (Fsp3) is 0.0625. The average Bonchev–Trinajstić information content (AvgIpc) is 2.55. The Hall–Kier alpha value is -3.27. The maximum Gasteiger partial charge on any atom is 0.338 e. The molecule has 1 N–H and O–H groups in total. The van der Waals surface area contributed by atoms with Crippen molar-refractivity contribution in [1.29, 1.82) is 5.26 Å². The van der Waals surface area contributed by atoms with Crippen LogP contribution in [0, 0.1) is 23.0 Å². The molecule has 0 atom stereocenters. The highest BCUT2D eigenvalue weighted by molar-refractivity contribution is 5.95. The number of benzene rings is 2. The van der Waals surface area contributed by atoms with Gasteiger partial charge in [0.1, 0.15) is 11.6 Å². The summed E-state index contributed by atoms with van der Waals surface area (Å²) in [6, 6.07) is 10.3. The SMILES string of the molecule is N#Cc1cccc(C(=O)OCC(=O)Nc2ccc(F)cc2F)c1. The number of nitrogens with one attached hydrogen (secondary N) is 1. The van der Waals surface area contributed by atoms with Gasteiger partial charge in [0.05, 0.1) is 22.9 Å². The van der Waals surface area contributed by atoms with E-state index in [0.717, 1.165) is 12.1 Å². The first-order valence-corrected chi connectivity index (χ1v) is 6.42. The molecule has 0 aliphatic rings. The van der Waals surface area contributed by atoms with Crippen molar-refractivity contribution in [2.75, 3.05) is 11.9 Å². The molecule has 23 heavy (non-hydrogen) atoms. The highest BCUT2D eigenvalue weighted by Gasteiger charge is 2.12. The maximum atomic E-state index is 13.4. The molecule has 0 saturated carbocycles. The minimum Gasteiger partial charge on any atom is -0.452 e. The van der Waals surface area contributed by atoms with E-state index in [0.29, 0.717) is 6.07 Å². The summed E-state index contributed by atoms with van der Waals surface area (Å²) < 4.78 is 30.9. The lowest BCUT2D eigenvalue weighted by Crippen LogP contribution is -2.21. The molecule has 2 aromatic carbocycles. The molecule has 0 aliphatic heterocycles. The number of carbonyl (C=O) groups excluding carboxylic acids is 2. The fourth-order valence-corrected chi connectivity index (χ4v) is 1.71. The summed E-state index contributed by atoms with van der Waals surface area (Å²) in [7, 11) is 0. The van der Waals surface area contributed by atoms with E-state index >= 15 is 0 Å². The van der Waals surface area contributed by atoms with Gasteiger partial charge in [-0.25, -0.2) is 13.6 Å². The Labute approximate surface area is 130 Å². The van der Waals surface area contributed by atoms with Crippen LogP contribution in [-0.4, -0.2) is 18.5 Å². The van der Waals surface area contributed by atoms with Crippen molar-refractivity contribution in [2.45, 2.75) is 0 Å². The van der Waals surface area contributed by atoms with Crippen molar-refractivity contribution < 1.29 is 23.1 Å². The first-order valence-electron chi connectivity index (χ1n) is 6.42. The van der Waals surface area contributed by atoms with Gasteiger partial charge in [-0.1, -0.05) is 6.07 Å². The predicted octanol–water partition coefficient (Wildman–Crippen LogP) is 2.63. The van der Waals surface area contributed by atoms with Gasteiger partial charge in [0.25, 0.3) is 5.91 Å². The second kappa shape index (κ2) is 7.13. The zero-order chi connectivity index (χ0) is 16.8. The molecular weight excluding hydrogens is 306 g/mol. The van der Waals surface area contributed by atoms with E-state index in [4.69, 9.17) is 10.00 Å². The molecule has 0 saturated heterocycles. The summed E-state index contributed by atoms with van der Waals surface area (Å²) >= 11 is 0. The molecule has 7 heteroatoms. The van der Waals surface area contributed by atoms with Crippen LogP contribution in [0.25, 0.3) is 0 Å². The second-order valence-electron chi connectivity index (χ2n) is 4.44. The average molecular weight is 316 g/mol. The Bertz CT molecular complexity index is 800. The number of carbonyl (C=O) groups is 2. The van der Waals surface area contributed by atoms with Crippen molar-refractivity contribution in [3.8, 4) is 6.07 Å². The van der Waals surface area contributed by atoms with Crippen molar-refractivity contribution in [3.63, 3.8) is 0 Å². The number of anilines is 1. The topological polar surface area (TPSA) is 79.2 Å². The largest absolute Gasteiger partial charge is 0.452 e. The third kappa shape index (κ3) is 4.35. The first-order chi connectivity index (χ1) is 11.0. The highest BCUT2D eigenvalue weighted by Crippen LogP contribution is 2.14. The molecule has 0 aromatic heterocycles. The minimum atomic E-state index is -0.939. The summed E-state index contributed by atoms with van der Waals surface area (Å²) in [4.78, 5) is 23.4. The number of ether oxygens (including phenoxy) is 1. The van der Waals surface area contributed by atoms with Crippen LogP contribution in [0.4, 0.5) is 14.5 Å². The Morgan fingerprint density at radius 2 is 1.96 bits per heavy atom. The van der Waals surface area contributed by atoms with Gasteiger partial charge in [0, 0.05) is 6.07 Å². The highest BCUT2D eigenvalue weighted by atomic mass is 19.1. The lowest BCUT2D eigenvalue weighted by molar-refractivity contribution is -0.119. The quantitative estimate of drug-likeness (QED) is 0.879. The standard InChI is InChI=1S/C16H10F2N2O3/c17-12-4-5-14(13(18)7-12)20-15(21)9-23-16(22)11-3-1-2-10(6-11)8-19/h1-7H,9H2,(H,20,21). The molecule has 116 valence electrons. The van der Waals surface area contributed by atoms with E-state index in [2.05, 4.69) is 5.32 Å². The zero-order valence-corrected chi connectivity index (χ0v) is 11.7. The third-order valence-corrected chi connectivity index (χ3v) is 2.77. The molecule has 0 unspecified atom stereocenters. The number of nitriles is 1. The van der Waals surface area contributed by atoms with E-state index < -0.39 is 30.1 Å². The Morgan fingerprint density at radius 1 is 1.17 bits per heavy atom. The van der Waals surface area contributed by atoms with Gasteiger partial charge < -0.3 is 10.1 Å². The number of nitrogens with zero attached hydrogens (tertiary/aromatic N) is 1. The molecule has 0 fully saturated rings. The molecule has 2 rings (SSSR count). The second-order valence-corrected chi connectivity index (χ2v) is 4.44. The first kappa shape index (κ1) is 16.1. The van der Waals surface area contributed by atoms with Gasteiger partial charge in [-0.05, 0) is 30.3 Å². The van der Waals surface area contributed by atoms with Gasteiger partial charge in [-0.2, -0.15) is 5.26 Å². The number of amides is 1. The van der Waals surface area contributed by atoms with Gasteiger partial charge in [0.15, 0.2) is 6.61 Å². The molecule has 0 aliphatic carbocycles. The molecule has 0 radical (unpaired) electrons. The number of halogens is 2. The lowest BCUT2D eigenvalue weighted by Gasteiger charge is -2.07. The van der Waals surface area contributed by atoms with E-state index in [1.807, 2.05) is 6.07 Å². The molecule has 2 aromatic rings. The van der Waals surface area contributed by atoms with Crippen LogP contribution in [-0.2, 0) is 9.53 Å². The molecule has 0 spiro atoms. The van der Waals surface area contributed by atoms with Crippen LogP contribution in [0.2, 0.25) is 0 Å². The number of rotatable bonds is 4. The molecule has 1 amide bonds. The summed E-state index contributed by atoms with van der Waals surface area (Å²) in [6.45, 7) is -0.646. The molecule has 0 heterocycles. The van der Waals surface area contributed by atoms with Crippen molar-refractivity contribution >= 4 is 17.6 Å². The molecule has 0 bridgehead atoms. The van der Waals surface area contributed by atoms with E-state index in [1.165, 1.54) is 24.3 Å². The van der Waals surface area contributed by atoms with Gasteiger partial charge in [0.2, 0.25) is 0 Å². The van der Waals surface area contributed by atoms with Crippen molar-refractivity contribution in [3.05, 3.63) is 65.2 Å². The van der Waals surface area contributed by atoms with Crippen LogP contribution < -0.4 is 5.32 Å². The van der Waals surface area contributed by atoms with Crippen LogP contribution in [0.15, 0.2) is 42.5 Å². The van der Waals surface area contributed by atoms with E-state index in [9.17, 15) is 18.4 Å². The van der Waals surface area contributed by atoms with E-state index in [-0.39, 0.29) is 16.8 Å². The fourth-order valence-electron chi connectivity index (χ4n) is 1.71. The summed E-state index contributed by atoms with van der Waals surface area (Å²) in [5, 5.41) is 10.9. The summed E-state index contributed by atoms with van der Waals surface area (Å²) in [6.07, 6.45) is 0. The smallest absolute Gasteiger partial charge is 0.338 e. The van der Waals surface area contributed by atoms with Crippen molar-refractivity contribution in [1.82, 2.24) is 0 Å². The Kier molecular flexibility index (Phi) is 5.00. The monoisotopic (exact) mass is 316 g/mol. The Morgan fingerprint density at radius 3 is 2.65 bits per heavy atom. The molecular formula is C16H10F2N2O3. The minimum absolute atomic E-state index is 0.116. The lowest BCUT2D eigenvalue weighted by atomic mass is 10.1. The summed E-state index contributed by atoms with van der Waals surface area (Å²) in [5.74, 6) is -3.28.